The summed E-state index contributed by atoms with van der Waals surface area (Å²) in [4.78, 5) is 16.3. The van der Waals surface area contributed by atoms with E-state index in [9.17, 15) is 4.79 Å². The van der Waals surface area contributed by atoms with Crippen molar-refractivity contribution in [1.82, 2.24) is 10.3 Å². The molecule has 21 heavy (non-hydrogen) atoms. The number of amides is 1. The Kier molecular flexibility index (Phi) is 3.78. The average molecular weight is 284 g/mol. The number of oxazole rings is 1. The molecule has 1 aromatic carbocycles. The Labute approximate surface area is 124 Å². The van der Waals surface area contributed by atoms with Crippen LogP contribution in [0.3, 0.4) is 0 Å². The van der Waals surface area contributed by atoms with Gasteiger partial charge in [-0.05, 0) is 43.9 Å². The van der Waals surface area contributed by atoms with E-state index in [2.05, 4.69) is 29.4 Å². The van der Waals surface area contributed by atoms with Crippen LogP contribution in [-0.2, 0) is 17.6 Å². The summed E-state index contributed by atoms with van der Waals surface area (Å²) in [6.45, 7) is 3.98. The first-order valence-electron chi connectivity index (χ1n) is 7.50. The normalized spacial score (nSPS) is 14.2. The van der Waals surface area contributed by atoms with Crippen LogP contribution < -0.4 is 5.32 Å². The fraction of sp³-hybridized carbons (Fsp3) is 0.412. The van der Waals surface area contributed by atoms with Crippen LogP contribution in [-0.4, -0.2) is 16.9 Å². The number of carbonyl (C=O) groups is 1. The van der Waals surface area contributed by atoms with Crippen molar-refractivity contribution in [1.29, 1.82) is 0 Å². The predicted octanol–water partition coefficient (Wildman–Crippen LogP) is 3.03. The minimum atomic E-state index is 0.0294. The number of rotatable bonds is 5. The van der Waals surface area contributed by atoms with Gasteiger partial charge in [0.1, 0.15) is 5.76 Å². The van der Waals surface area contributed by atoms with Crippen LogP contribution >= 0.6 is 0 Å². The highest BCUT2D eigenvalue weighted by atomic mass is 16.4. The molecule has 1 N–H and O–H groups in total. The van der Waals surface area contributed by atoms with Crippen molar-refractivity contribution in [3.63, 3.8) is 0 Å². The van der Waals surface area contributed by atoms with Gasteiger partial charge < -0.3 is 9.73 Å². The van der Waals surface area contributed by atoms with Gasteiger partial charge in [0.15, 0.2) is 0 Å². The molecular weight excluding hydrogens is 264 g/mol. The number of hydrogen-bond acceptors (Lipinski definition) is 3. The fourth-order valence-electron chi connectivity index (χ4n) is 2.26. The Morgan fingerprint density at radius 1 is 1.33 bits per heavy atom. The van der Waals surface area contributed by atoms with Crippen LogP contribution in [0, 0.1) is 6.92 Å². The van der Waals surface area contributed by atoms with E-state index in [1.165, 1.54) is 5.56 Å². The highest BCUT2D eigenvalue weighted by Crippen LogP contribution is 2.23. The third-order valence-corrected chi connectivity index (χ3v) is 3.77. The lowest BCUT2D eigenvalue weighted by molar-refractivity contribution is -0.120. The quantitative estimate of drug-likeness (QED) is 0.918. The SMILES string of the molecule is CCc1ccc(-c2nc(CC(=O)NC3CC3)c(C)o2)cc1. The molecule has 1 amide bonds. The first kappa shape index (κ1) is 13.9. The van der Waals surface area contributed by atoms with Crippen LogP contribution in [0.4, 0.5) is 0 Å². The smallest absolute Gasteiger partial charge is 0.226 e. The third kappa shape index (κ3) is 3.32. The van der Waals surface area contributed by atoms with E-state index in [4.69, 9.17) is 4.42 Å². The van der Waals surface area contributed by atoms with E-state index in [-0.39, 0.29) is 5.91 Å². The Morgan fingerprint density at radius 3 is 2.67 bits per heavy atom. The van der Waals surface area contributed by atoms with Gasteiger partial charge in [-0.1, -0.05) is 19.1 Å². The molecule has 0 aliphatic heterocycles. The molecule has 1 heterocycles. The lowest BCUT2D eigenvalue weighted by Gasteiger charge is -2.00. The zero-order valence-corrected chi connectivity index (χ0v) is 12.5. The molecule has 1 saturated carbocycles. The summed E-state index contributed by atoms with van der Waals surface area (Å²) < 4.78 is 5.70. The average Bonchev–Trinajstić information content (AvgIpc) is 3.22. The molecule has 110 valence electrons. The van der Waals surface area contributed by atoms with E-state index >= 15 is 0 Å². The Morgan fingerprint density at radius 2 is 2.05 bits per heavy atom. The van der Waals surface area contributed by atoms with Crippen molar-refractivity contribution >= 4 is 5.91 Å². The van der Waals surface area contributed by atoms with Crippen LogP contribution in [0.15, 0.2) is 28.7 Å². The lowest BCUT2D eigenvalue weighted by Crippen LogP contribution is -2.27. The van der Waals surface area contributed by atoms with Gasteiger partial charge in [0.05, 0.1) is 12.1 Å². The van der Waals surface area contributed by atoms with Crippen molar-refractivity contribution in [3.05, 3.63) is 41.3 Å². The van der Waals surface area contributed by atoms with Crippen molar-refractivity contribution in [2.45, 2.75) is 45.6 Å². The van der Waals surface area contributed by atoms with Crippen molar-refractivity contribution in [2.24, 2.45) is 0 Å². The fourth-order valence-corrected chi connectivity index (χ4v) is 2.26. The van der Waals surface area contributed by atoms with Gasteiger partial charge in [-0.3, -0.25) is 4.79 Å². The molecule has 1 aliphatic rings. The molecule has 0 spiro atoms. The van der Waals surface area contributed by atoms with Gasteiger partial charge in [0, 0.05) is 11.6 Å². The Bertz CT molecular complexity index is 639. The summed E-state index contributed by atoms with van der Waals surface area (Å²) in [6.07, 6.45) is 3.49. The standard InChI is InChI=1S/C17H20N2O2/c1-3-12-4-6-13(7-5-12)17-19-15(11(2)21-17)10-16(20)18-14-8-9-14/h4-7,14H,3,8-10H2,1-2H3,(H,18,20). The Hall–Kier alpha value is -2.10. The van der Waals surface area contributed by atoms with E-state index in [1.54, 1.807) is 0 Å². The van der Waals surface area contributed by atoms with E-state index in [0.29, 0.717) is 18.4 Å². The summed E-state index contributed by atoms with van der Waals surface area (Å²) in [6, 6.07) is 8.56. The maximum Gasteiger partial charge on any atom is 0.226 e. The molecule has 1 aliphatic carbocycles. The summed E-state index contributed by atoms with van der Waals surface area (Å²) in [5, 5.41) is 2.97. The van der Waals surface area contributed by atoms with Gasteiger partial charge in [-0.2, -0.15) is 0 Å². The zero-order chi connectivity index (χ0) is 14.8. The molecule has 1 aromatic heterocycles. The monoisotopic (exact) mass is 284 g/mol. The largest absolute Gasteiger partial charge is 0.441 e. The second-order valence-corrected chi connectivity index (χ2v) is 5.59. The van der Waals surface area contributed by atoms with Crippen molar-refractivity contribution in [2.75, 3.05) is 0 Å². The number of hydrogen-bond donors (Lipinski definition) is 1. The number of benzene rings is 1. The van der Waals surface area contributed by atoms with Crippen molar-refractivity contribution < 1.29 is 9.21 Å². The summed E-state index contributed by atoms with van der Waals surface area (Å²) in [5.74, 6) is 1.33. The van der Waals surface area contributed by atoms with Crippen LogP contribution in [0.2, 0.25) is 0 Å². The maximum atomic E-state index is 11.9. The first-order chi connectivity index (χ1) is 10.2. The number of aryl methyl sites for hydroxylation is 2. The van der Waals surface area contributed by atoms with E-state index < -0.39 is 0 Å². The second-order valence-electron chi connectivity index (χ2n) is 5.59. The van der Waals surface area contributed by atoms with Gasteiger partial charge in [-0.15, -0.1) is 0 Å². The lowest BCUT2D eigenvalue weighted by atomic mass is 10.1. The molecular formula is C17H20N2O2. The zero-order valence-electron chi connectivity index (χ0n) is 12.5. The molecule has 0 unspecified atom stereocenters. The third-order valence-electron chi connectivity index (χ3n) is 3.77. The molecule has 3 rings (SSSR count). The maximum absolute atomic E-state index is 11.9. The molecule has 0 saturated heterocycles. The molecule has 2 aromatic rings. The van der Waals surface area contributed by atoms with Crippen LogP contribution in [0.5, 0.6) is 0 Å². The highest BCUT2D eigenvalue weighted by molar-refractivity contribution is 5.79. The summed E-state index contributed by atoms with van der Waals surface area (Å²) >= 11 is 0. The molecule has 0 radical (unpaired) electrons. The van der Waals surface area contributed by atoms with Crippen LogP contribution in [0.25, 0.3) is 11.5 Å². The van der Waals surface area contributed by atoms with Gasteiger partial charge in [-0.25, -0.2) is 4.98 Å². The van der Waals surface area contributed by atoms with Gasteiger partial charge >= 0.3 is 0 Å². The molecule has 1 fully saturated rings. The Balaban J connectivity index is 1.74. The van der Waals surface area contributed by atoms with Crippen LogP contribution in [0.1, 0.15) is 36.8 Å². The molecule has 4 nitrogen and oxygen atoms in total. The minimum absolute atomic E-state index is 0.0294. The van der Waals surface area contributed by atoms with E-state index in [1.807, 2.05) is 19.1 Å². The minimum Gasteiger partial charge on any atom is -0.441 e. The molecule has 4 heteroatoms. The van der Waals surface area contributed by atoms with Gasteiger partial charge in [0.2, 0.25) is 11.8 Å². The first-order valence-corrected chi connectivity index (χ1v) is 7.50. The predicted molar refractivity (Wildman–Crippen MR) is 80.9 cm³/mol. The number of aromatic nitrogens is 1. The highest BCUT2D eigenvalue weighted by Gasteiger charge is 2.24. The van der Waals surface area contributed by atoms with E-state index in [0.717, 1.165) is 36.3 Å². The second kappa shape index (κ2) is 5.72. The topological polar surface area (TPSA) is 55.1 Å². The van der Waals surface area contributed by atoms with Crippen molar-refractivity contribution in [3.8, 4) is 11.5 Å². The summed E-state index contributed by atoms with van der Waals surface area (Å²) in [5.41, 5.74) is 2.96. The van der Waals surface area contributed by atoms with Gasteiger partial charge in [0.25, 0.3) is 0 Å². The number of nitrogens with zero attached hydrogens (tertiary/aromatic N) is 1. The number of nitrogens with one attached hydrogen (secondary N) is 1. The molecule has 0 bridgehead atoms. The molecule has 0 atom stereocenters. The number of carbonyl (C=O) groups excluding carboxylic acids is 1. The summed E-state index contributed by atoms with van der Waals surface area (Å²) in [7, 11) is 0.